The monoisotopic (exact) mass is 429 g/mol. The highest BCUT2D eigenvalue weighted by molar-refractivity contribution is 7.18. The highest BCUT2D eigenvalue weighted by Gasteiger charge is 2.62. The quantitative estimate of drug-likeness (QED) is 0.433. The van der Waals surface area contributed by atoms with E-state index in [-0.39, 0.29) is 35.2 Å². The number of aromatic nitrogens is 1. The summed E-state index contributed by atoms with van der Waals surface area (Å²) in [6.45, 7) is 1.57. The molecule has 1 saturated carbocycles. The Kier molecular flexibility index (Phi) is 4.19. The van der Waals surface area contributed by atoms with E-state index in [0.29, 0.717) is 27.2 Å². The smallest absolute Gasteiger partial charge is 0.352 e. The van der Waals surface area contributed by atoms with Crippen molar-refractivity contribution in [2.45, 2.75) is 44.2 Å². The predicted octanol–water partition coefficient (Wildman–Crippen LogP) is 2.65. The molecule has 10 heteroatoms. The van der Waals surface area contributed by atoms with Crippen LogP contribution >= 0.6 is 11.3 Å². The molecule has 2 aliphatic heterocycles. The van der Waals surface area contributed by atoms with Crippen molar-refractivity contribution in [2.24, 2.45) is 11.8 Å². The van der Waals surface area contributed by atoms with Crippen LogP contribution in [0.3, 0.4) is 0 Å². The largest absolute Gasteiger partial charge is 0.477 e. The molecule has 5 atom stereocenters. The molecule has 1 amide bonds. The van der Waals surface area contributed by atoms with E-state index in [1.165, 1.54) is 28.4 Å². The molecule has 2 fully saturated rings. The number of thiazole rings is 1. The van der Waals surface area contributed by atoms with E-state index in [4.69, 9.17) is 0 Å². The van der Waals surface area contributed by atoms with E-state index >= 15 is 0 Å². The zero-order chi connectivity index (χ0) is 21.3. The number of carboxylic acids is 1. The Morgan fingerprint density at radius 3 is 2.83 bits per heavy atom. The first kappa shape index (κ1) is 19.1. The van der Waals surface area contributed by atoms with E-state index < -0.39 is 22.9 Å². The van der Waals surface area contributed by atoms with E-state index in [1.54, 1.807) is 13.0 Å². The fourth-order valence-electron chi connectivity index (χ4n) is 5.34. The van der Waals surface area contributed by atoms with Crippen LogP contribution in [0.5, 0.6) is 0 Å². The van der Waals surface area contributed by atoms with Crippen LogP contribution < -0.4 is 0 Å². The maximum absolute atomic E-state index is 12.6. The molecule has 1 aromatic carbocycles. The van der Waals surface area contributed by atoms with Crippen molar-refractivity contribution in [3.8, 4) is 0 Å². The Labute approximate surface area is 174 Å². The second kappa shape index (κ2) is 6.58. The zero-order valence-corrected chi connectivity index (χ0v) is 16.8. The maximum atomic E-state index is 12.6. The fraction of sp³-hybridized carbons (Fsp3) is 0.450. The molecule has 156 valence electrons. The summed E-state index contributed by atoms with van der Waals surface area (Å²) in [5.74, 6) is -2.43. The molecule has 0 unspecified atom stereocenters. The first-order chi connectivity index (χ1) is 14.3. The SMILES string of the molecule is C[C@@H](O)[C@H]1C(=O)N2C(C(=O)O)=C3[C@@H](c4nc5ccc([N+](=O)[O-])cc5s4)CCC[C@@H]3[C@H]12. The van der Waals surface area contributed by atoms with Gasteiger partial charge in [-0.25, -0.2) is 9.78 Å². The second-order valence-corrected chi connectivity index (χ2v) is 9.19. The molecule has 5 rings (SSSR count). The van der Waals surface area contributed by atoms with E-state index in [1.807, 2.05) is 0 Å². The number of aliphatic hydroxyl groups excluding tert-OH is 1. The van der Waals surface area contributed by atoms with Crippen molar-refractivity contribution in [2.75, 3.05) is 0 Å². The van der Waals surface area contributed by atoms with Gasteiger partial charge in [0.1, 0.15) is 10.7 Å². The lowest BCUT2D eigenvalue weighted by atomic mass is 9.69. The van der Waals surface area contributed by atoms with E-state index in [0.717, 1.165) is 12.8 Å². The number of carbonyl (C=O) groups is 2. The molecule has 0 spiro atoms. The molecule has 1 aromatic heterocycles. The number of nitro benzene ring substituents is 1. The van der Waals surface area contributed by atoms with E-state index in [9.17, 15) is 29.9 Å². The predicted molar refractivity (Wildman–Crippen MR) is 107 cm³/mol. The highest BCUT2D eigenvalue weighted by Crippen LogP contribution is 2.56. The van der Waals surface area contributed by atoms with Crippen molar-refractivity contribution in [1.82, 2.24) is 9.88 Å². The number of amides is 1. The molecule has 2 aromatic rings. The average Bonchev–Trinajstić information content (AvgIpc) is 3.24. The molecule has 1 aliphatic carbocycles. The summed E-state index contributed by atoms with van der Waals surface area (Å²) in [5.41, 5.74) is 1.37. The van der Waals surface area contributed by atoms with Gasteiger partial charge in [0.05, 0.1) is 33.2 Å². The Bertz CT molecular complexity index is 1140. The minimum absolute atomic E-state index is 0.0138. The summed E-state index contributed by atoms with van der Waals surface area (Å²) in [6, 6.07) is 4.18. The number of nitro groups is 1. The van der Waals surface area contributed by atoms with Crippen LogP contribution in [0.25, 0.3) is 10.2 Å². The number of aliphatic carboxylic acids is 1. The molecule has 0 bridgehead atoms. The number of non-ortho nitro benzene ring substituents is 1. The van der Waals surface area contributed by atoms with Crippen molar-refractivity contribution >= 4 is 39.1 Å². The first-order valence-electron chi connectivity index (χ1n) is 9.83. The summed E-state index contributed by atoms with van der Waals surface area (Å²) in [7, 11) is 0. The molecule has 9 nitrogen and oxygen atoms in total. The van der Waals surface area contributed by atoms with Gasteiger partial charge >= 0.3 is 5.97 Å². The minimum atomic E-state index is -1.14. The highest BCUT2D eigenvalue weighted by atomic mass is 32.1. The number of rotatable bonds is 4. The summed E-state index contributed by atoms with van der Waals surface area (Å²) in [6.07, 6.45) is 1.49. The summed E-state index contributed by atoms with van der Waals surface area (Å²) < 4.78 is 0.679. The van der Waals surface area contributed by atoms with Crippen molar-refractivity contribution in [3.05, 3.63) is 44.6 Å². The first-order valence-corrected chi connectivity index (χ1v) is 10.6. The number of nitrogens with zero attached hydrogens (tertiary/aromatic N) is 3. The summed E-state index contributed by atoms with van der Waals surface area (Å²) in [5, 5.41) is 31.8. The molecule has 2 N–H and O–H groups in total. The average molecular weight is 429 g/mol. The summed E-state index contributed by atoms with van der Waals surface area (Å²) >= 11 is 1.33. The Hall–Kier alpha value is -2.85. The van der Waals surface area contributed by atoms with Crippen molar-refractivity contribution < 1.29 is 24.7 Å². The van der Waals surface area contributed by atoms with Crippen LogP contribution in [-0.2, 0) is 9.59 Å². The molecule has 30 heavy (non-hydrogen) atoms. The molecule has 3 aliphatic rings. The number of aliphatic hydroxyl groups is 1. The Morgan fingerprint density at radius 1 is 1.40 bits per heavy atom. The standard InChI is InChI=1S/C20H19N3O6S/c1-8(24)14-16-10-3-2-4-11(15(10)17(20(26)27)22(16)19(14)25)18-21-12-6-5-9(23(28)29)7-13(12)30-18/h5-8,10-11,14,16,24H,2-4H2,1H3,(H,26,27)/t8-,10+,11+,14-,16-/m1/s1. The van der Waals surface area contributed by atoms with Gasteiger partial charge in [-0.15, -0.1) is 11.3 Å². The fourth-order valence-corrected chi connectivity index (χ4v) is 6.49. The van der Waals surface area contributed by atoms with Crippen LogP contribution in [0.15, 0.2) is 29.5 Å². The van der Waals surface area contributed by atoms with Crippen LogP contribution in [0.1, 0.15) is 37.1 Å². The maximum Gasteiger partial charge on any atom is 0.352 e. The summed E-state index contributed by atoms with van der Waals surface area (Å²) in [4.78, 5) is 41.4. The van der Waals surface area contributed by atoms with Gasteiger partial charge in [-0.2, -0.15) is 0 Å². The number of hydrogen-bond donors (Lipinski definition) is 2. The Balaban J connectivity index is 1.60. The van der Waals surface area contributed by atoms with Crippen molar-refractivity contribution in [3.63, 3.8) is 0 Å². The van der Waals surface area contributed by atoms with Gasteiger partial charge in [0, 0.05) is 24.0 Å². The van der Waals surface area contributed by atoms with Crippen LogP contribution in [-0.4, -0.2) is 49.0 Å². The number of carboxylic acid groups (broad SMARTS) is 1. The third kappa shape index (κ3) is 2.53. The van der Waals surface area contributed by atoms with Crippen LogP contribution in [0, 0.1) is 22.0 Å². The lowest BCUT2D eigenvalue weighted by Crippen LogP contribution is -2.64. The van der Waals surface area contributed by atoms with Gasteiger partial charge in [-0.3, -0.25) is 14.9 Å². The third-order valence-corrected chi connectivity index (χ3v) is 7.65. The minimum Gasteiger partial charge on any atom is -0.477 e. The van der Waals surface area contributed by atoms with Crippen LogP contribution in [0.4, 0.5) is 5.69 Å². The second-order valence-electron chi connectivity index (χ2n) is 8.13. The third-order valence-electron chi connectivity index (χ3n) is 6.52. The number of carbonyl (C=O) groups excluding carboxylic acids is 1. The zero-order valence-electron chi connectivity index (χ0n) is 16.0. The van der Waals surface area contributed by atoms with Gasteiger partial charge in [-0.1, -0.05) is 6.42 Å². The van der Waals surface area contributed by atoms with Crippen molar-refractivity contribution in [1.29, 1.82) is 0 Å². The number of fused-ring (bicyclic) bond motifs is 4. The molecule has 3 heterocycles. The normalized spacial score (nSPS) is 28.9. The molecule has 1 saturated heterocycles. The van der Waals surface area contributed by atoms with Gasteiger partial charge in [-0.05, 0) is 31.4 Å². The van der Waals surface area contributed by atoms with Gasteiger partial charge in [0.15, 0.2) is 0 Å². The van der Waals surface area contributed by atoms with E-state index in [2.05, 4.69) is 4.98 Å². The molecular formula is C20H19N3O6S. The molecule has 0 radical (unpaired) electrons. The molecular weight excluding hydrogens is 410 g/mol. The number of β-lactam (4-membered cyclic amide) rings is 1. The van der Waals surface area contributed by atoms with Gasteiger partial charge in [0.2, 0.25) is 5.91 Å². The number of benzene rings is 1. The Morgan fingerprint density at radius 2 is 2.17 bits per heavy atom. The van der Waals surface area contributed by atoms with Crippen LogP contribution in [0.2, 0.25) is 0 Å². The lowest BCUT2D eigenvalue weighted by Gasteiger charge is -2.47. The topological polar surface area (TPSA) is 134 Å². The van der Waals surface area contributed by atoms with Gasteiger partial charge in [0.25, 0.3) is 5.69 Å². The lowest BCUT2D eigenvalue weighted by molar-refractivity contribution is -0.384. The number of hydrogen-bond acceptors (Lipinski definition) is 7. The van der Waals surface area contributed by atoms with Gasteiger partial charge < -0.3 is 15.1 Å².